The van der Waals surface area contributed by atoms with E-state index >= 15 is 0 Å². The highest BCUT2D eigenvalue weighted by Gasteiger charge is 2.51. The average molecular weight is 411 g/mol. The number of carbonyl (C=O) groups is 4. The molecule has 1 aromatic carbocycles. The monoisotopic (exact) mass is 411 g/mol. The summed E-state index contributed by atoms with van der Waals surface area (Å²) in [5.74, 6) is -1.17. The predicted octanol–water partition coefficient (Wildman–Crippen LogP) is 2.17. The molecule has 0 saturated carbocycles. The fraction of sp³-hybridized carbons (Fsp3) is 0.200. The lowest BCUT2D eigenvalue weighted by molar-refractivity contribution is -0.131. The lowest BCUT2D eigenvalue weighted by atomic mass is 9.99. The number of nitrogens with zero attached hydrogens (tertiary/aromatic N) is 1. The maximum atomic E-state index is 13.0. The van der Waals surface area contributed by atoms with Crippen LogP contribution in [0.5, 0.6) is 0 Å². The van der Waals surface area contributed by atoms with Crippen molar-refractivity contribution in [2.24, 2.45) is 5.73 Å². The van der Waals surface area contributed by atoms with Gasteiger partial charge in [-0.1, -0.05) is 18.2 Å². The number of imide groups is 1. The average Bonchev–Trinajstić information content (AvgIpc) is 3.35. The van der Waals surface area contributed by atoms with Crippen molar-refractivity contribution in [2.45, 2.75) is 18.9 Å². The molecule has 1 aliphatic heterocycles. The van der Waals surface area contributed by atoms with Gasteiger partial charge in [0.15, 0.2) is 11.3 Å². The van der Waals surface area contributed by atoms with Crippen molar-refractivity contribution < 1.29 is 23.6 Å². The molecule has 4 amide bonds. The summed E-state index contributed by atoms with van der Waals surface area (Å²) in [5.41, 5.74) is 4.36. The van der Waals surface area contributed by atoms with Crippen LogP contribution in [0.25, 0.3) is 11.0 Å². The Morgan fingerprint density at radius 1 is 1.21 bits per heavy atom. The number of carbonyl (C=O) groups excluding carboxylic acids is 4. The number of thiophene rings is 1. The van der Waals surface area contributed by atoms with Crippen LogP contribution in [0.1, 0.15) is 27.2 Å². The van der Waals surface area contributed by atoms with Crippen molar-refractivity contribution in [3.05, 3.63) is 58.0 Å². The first-order valence-corrected chi connectivity index (χ1v) is 9.63. The molecule has 1 unspecified atom stereocenters. The summed E-state index contributed by atoms with van der Waals surface area (Å²) in [6, 6.07) is 11.5. The molecule has 8 nitrogen and oxygen atoms in total. The van der Waals surface area contributed by atoms with Crippen LogP contribution in [0.2, 0.25) is 0 Å². The number of hydrogen-bond acceptors (Lipinski definition) is 6. The Morgan fingerprint density at radius 3 is 2.69 bits per heavy atom. The molecule has 1 saturated heterocycles. The molecule has 2 aromatic heterocycles. The summed E-state index contributed by atoms with van der Waals surface area (Å²) in [6.45, 7) is 1.14. The number of furan rings is 1. The first kappa shape index (κ1) is 18.9. The van der Waals surface area contributed by atoms with Crippen LogP contribution in [0, 0.1) is 0 Å². The number of primary amides is 1. The van der Waals surface area contributed by atoms with Crippen molar-refractivity contribution in [3.63, 3.8) is 0 Å². The molecule has 1 fully saturated rings. The third-order valence-corrected chi connectivity index (χ3v) is 5.91. The van der Waals surface area contributed by atoms with Gasteiger partial charge in [0, 0.05) is 10.3 Å². The lowest BCUT2D eigenvalue weighted by Gasteiger charge is -2.18. The van der Waals surface area contributed by atoms with Crippen LogP contribution in [0.4, 0.5) is 4.79 Å². The summed E-state index contributed by atoms with van der Waals surface area (Å²) in [6.07, 6.45) is 0.0329. The first-order chi connectivity index (χ1) is 13.8. The lowest BCUT2D eigenvalue weighted by Crippen LogP contribution is -2.41. The predicted molar refractivity (Wildman–Crippen MR) is 105 cm³/mol. The highest BCUT2D eigenvalue weighted by molar-refractivity contribution is 7.14. The Kier molecular flexibility index (Phi) is 4.46. The van der Waals surface area contributed by atoms with Gasteiger partial charge >= 0.3 is 6.03 Å². The number of nitrogens with two attached hydrogens (primary N) is 1. The highest BCUT2D eigenvalue weighted by Crippen LogP contribution is 2.33. The summed E-state index contributed by atoms with van der Waals surface area (Å²) < 4.78 is 5.76. The van der Waals surface area contributed by atoms with Gasteiger partial charge in [0.1, 0.15) is 11.3 Å². The number of hydrogen-bond donors (Lipinski definition) is 2. The minimum atomic E-state index is -1.40. The van der Waals surface area contributed by atoms with Gasteiger partial charge in [-0.05, 0) is 31.2 Å². The molecule has 0 bridgehead atoms. The van der Waals surface area contributed by atoms with E-state index in [1.807, 2.05) is 18.2 Å². The van der Waals surface area contributed by atoms with E-state index in [1.165, 1.54) is 0 Å². The summed E-state index contributed by atoms with van der Waals surface area (Å²) >= 11 is 1.12. The smallest absolute Gasteiger partial charge is 0.325 e. The fourth-order valence-electron chi connectivity index (χ4n) is 3.25. The van der Waals surface area contributed by atoms with Crippen LogP contribution in [-0.2, 0) is 21.5 Å². The van der Waals surface area contributed by atoms with E-state index in [2.05, 4.69) is 5.32 Å². The minimum Gasteiger partial charge on any atom is -0.458 e. The highest BCUT2D eigenvalue weighted by atomic mass is 32.1. The number of nitrogens with one attached hydrogen (secondary N) is 1. The van der Waals surface area contributed by atoms with E-state index in [9.17, 15) is 19.2 Å². The largest absolute Gasteiger partial charge is 0.458 e. The summed E-state index contributed by atoms with van der Waals surface area (Å²) in [7, 11) is 0. The molecular formula is C20H17N3O5S. The van der Waals surface area contributed by atoms with E-state index in [4.69, 9.17) is 10.2 Å². The van der Waals surface area contributed by atoms with E-state index in [0.717, 1.165) is 21.6 Å². The summed E-state index contributed by atoms with van der Waals surface area (Å²) in [5, 5.41) is 3.44. The number of ketones is 1. The Balaban J connectivity index is 1.55. The number of urea groups is 1. The Morgan fingerprint density at radius 2 is 1.97 bits per heavy atom. The van der Waals surface area contributed by atoms with Gasteiger partial charge in [0.05, 0.1) is 17.8 Å². The van der Waals surface area contributed by atoms with Crippen molar-refractivity contribution in [2.75, 3.05) is 6.54 Å². The van der Waals surface area contributed by atoms with Crippen LogP contribution < -0.4 is 11.1 Å². The molecule has 148 valence electrons. The SMILES string of the molecule is CC1(c2cc3ccccc3o2)NC(=O)N(CC(=O)c2ccc(CC(N)=O)s2)C1=O. The zero-order valence-corrected chi connectivity index (χ0v) is 16.2. The molecular weight excluding hydrogens is 394 g/mol. The molecule has 29 heavy (non-hydrogen) atoms. The van der Waals surface area contributed by atoms with E-state index < -0.39 is 35.7 Å². The number of amides is 4. The van der Waals surface area contributed by atoms with Crippen molar-refractivity contribution in [1.82, 2.24) is 10.2 Å². The number of rotatable bonds is 6. The normalized spacial score (nSPS) is 19.0. The van der Waals surface area contributed by atoms with Gasteiger partial charge in [0.25, 0.3) is 5.91 Å². The molecule has 1 atom stereocenters. The number of fused-ring (bicyclic) bond motifs is 1. The van der Waals surface area contributed by atoms with Crippen LogP contribution in [0.3, 0.4) is 0 Å². The van der Waals surface area contributed by atoms with E-state index in [1.54, 1.807) is 31.2 Å². The Bertz CT molecular complexity index is 1130. The van der Waals surface area contributed by atoms with Gasteiger partial charge in [0.2, 0.25) is 5.91 Å². The zero-order valence-electron chi connectivity index (χ0n) is 15.4. The Hall–Kier alpha value is -3.46. The third kappa shape index (κ3) is 3.29. The quantitative estimate of drug-likeness (QED) is 0.475. The molecule has 3 aromatic rings. The van der Waals surface area contributed by atoms with Crippen molar-refractivity contribution in [3.8, 4) is 0 Å². The molecule has 9 heteroatoms. The van der Waals surface area contributed by atoms with Crippen molar-refractivity contribution >= 4 is 45.9 Å². The van der Waals surface area contributed by atoms with Crippen LogP contribution in [-0.4, -0.2) is 35.1 Å². The second-order valence-electron chi connectivity index (χ2n) is 6.93. The second-order valence-corrected chi connectivity index (χ2v) is 8.10. The van der Waals surface area contributed by atoms with E-state index in [0.29, 0.717) is 21.1 Å². The van der Waals surface area contributed by atoms with Gasteiger partial charge in [-0.2, -0.15) is 0 Å². The topological polar surface area (TPSA) is 123 Å². The molecule has 4 rings (SSSR count). The zero-order chi connectivity index (χ0) is 20.8. The first-order valence-electron chi connectivity index (χ1n) is 8.81. The number of para-hydroxylation sites is 1. The van der Waals surface area contributed by atoms with E-state index in [-0.39, 0.29) is 6.42 Å². The second kappa shape index (κ2) is 6.85. The molecule has 3 heterocycles. The van der Waals surface area contributed by atoms with Gasteiger partial charge < -0.3 is 15.5 Å². The maximum Gasteiger partial charge on any atom is 0.325 e. The molecule has 0 aliphatic carbocycles. The number of benzene rings is 1. The molecule has 0 spiro atoms. The standard InChI is InChI=1S/C20H17N3O5S/c1-20(16-8-11-4-2-3-5-14(11)28-16)18(26)23(19(27)22-20)10-13(24)15-7-6-12(29-15)9-17(21)25/h2-8H,9-10H2,1H3,(H2,21,25)(H,22,27). The summed E-state index contributed by atoms with van der Waals surface area (Å²) in [4.78, 5) is 50.9. The van der Waals surface area contributed by atoms with Gasteiger partial charge in [-0.3, -0.25) is 19.3 Å². The van der Waals surface area contributed by atoms with Crippen molar-refractivity contribution in [1.29, 1.82) is 0 Å². The van der Waals surface area contributed by atoms with Crippen LogP contribution in [0.15, 0.2) is 46.9 Å². The third-order valence-electron chi connectivity index (χ3n) is 4.78. The maximum absolute atomic E-state index is 13.0. The van der Waals surface area contributed by atoms with Gasteiger partial charge in [-0.15, -0.1) is 11.3 Å². The fourth-order valence-corrected chi connectivity index (χ4v) is 4.20. The molecule has 0 radical (unpaired) electrons. The van der Waals surface area contributed by atoms with Crippen LogP contribution >= 0.6 is 11.3 Å². The Labute approximate surface area is 169 Å². The molecule has 1 aliphatic rings. The molecule has 3 N–H and O–H groups in total. The number of Topliss-reactive ketones (excluding diaryl/α,β-unsaturated/α-hetero) is 1. The minimum absolute atomic E-state index is 0.0329. The van der Waals surface area contributed by atoms with Gasteiger partial charge in [-0.25, -0.2) is 4.79 Å².